The van der Waals surface area contributed by atoms with Gasteiger partial charge in [-0.3, -0.25) is 14.5 Å². The average molecular weight is 379 g/mol. The summed E-state index contributed by atoms with van der Waals surface area (Å²) in [4.78, 5) is 38.1. The molecule has 28 heavy (non-hydrogen) atoms. The van der Waals surface area contributed by atoms with E-state index in [-0.39, 0.29) is 30.8 Å². The number of nitrogens with zero attached hydrogens (tertiary/aromatic N) is 1. The molecule has 2 N–H and O–H groups in total. The molecule has 1 aliphatic heterocycles. The van der Waals surface area contributed by atoms with E-state index in [1.807, 2.05) is 55.5 Å². The highest BCUT2D eigenvalue weighted by Crippen LogP contribution is 2.14. The van der Waals surface area contributed by atoms with Crippen molar-refractivity contribution in [2.75, 3.05) is 0 Å². The first-order chi connectivity index (χ1) is 13.5. The molecule has 0 aliphatic carbocycles. The Labute approximate surface area is 164 Å². The van der Waals surface area contributed by atoms with Crippen LogP contribution in [0.4, 0.5) is 4.79 Å². The van der Waals surface area contributed by atoms with Gasteiger partial charge in [0.2, 0.25) is 5.91 Å². The fraction of sp³-hybridized carbons (Fsp3) is 0.318. The van der Waals surface area contributed by atoms with Crippen LogP contribution in [-0.2, 0) is 22.6 Å². The Hall–Kier alpha value is -3.15. The first-order valence-corrected chi connectivity index (χ1v) is 9.52. The van der Waals surface area contributed by atoms with E-state index in [9.17, 15) is 14.4 Å². The summed E-state index contributed by atoms with van der Waals surface area (Å²) in [6.07, 6.45) is 1.62. The fourth-order valence-corrected chi connectivity index (χ4v) is 3.25. The maximum atomic E-state index is 12.5. The number of aryl methyl sites for hydroxylation is 1. The summed E-state index contributed by atoms with van der Waals surface area (Å²) < 4.78 is 0. The number of hydrogen-bond donors (Lipinski definition) is 2. The van der Waals surface area contributed by atoms with Crippen LogP contribution in [0.1, 0.15) is 30.9 Å². The van der Waals surface area contributed by atoms with Gasteiger partial charge in [0.1, 0.15) is 6.04 Å². The molecule has 1 saturated heterocycles. The predicted octanol–water partition coefficient (Wildman–Crippen LogP) is 2.63. The molecule has 2 aromatic carbocycles. The molecule has 0 aromatic heterocycles. The lowest BCUT2D eigenvalue weighted by Crippen LogP contribution is -2.39. The van der Waals surface area contributed by atoms with Crippen LogP contribution in [0.25, 0.3) is 0 Å². The van der Waals surface area contributed by atoms with E-state index in [0.717, 1.165) is 23.3 Å². The SMILES string of the molecule is CC(CCc1ccccc1)NC(=O)C[C@@H]1NC(=O)N(Cc2ccccc2)C1=O. The zero-order valence-electron chi connectivity index (χ0n) is 15.9. The van der Waals surface area contributed by atoms with Crippen LogP contribution in [0.2, 0.25) is 0 Å². The molecule has 2 aromatic rings. The Kier molecular flexibility index (Phi) is 6.42. The van der Waals surface area contributed by atoms with Crippen molar-refractivity contribution in [1.29, 1.82) is 0 Å². The van der Waals surface area contributed by atoms with Gasteiger partial charge in [0.15, 0.2) is 0 Å². The zero-order valence-corrected chi connectivity index (χ0v) is 15.9. The lowest BCUT2D eigenvalue weighted by molar-refractivity contribution is -0.131. The second-order valence-electron chi connectivity index (χ2n) is 7.11. The van der Waals surface area contributed by atoms with E-state index in [4.69, 9.17) is 0 Å². The van der Waals surface area contributed by atoms with E-state index in [1.165, 1.54) is 5.56 Å². The van der Waals surface area contributed by atoms with Gasteiger partial charge in [-0.2, -0.15) is 0 Å². The highest BCUT2D eigenvalue weighted by atomic mass is 16.2. The summed E-state index contributed by atoms with van der Waals surface area (Å²) >= 11 is 0. The number of hydrogen-bond acceptors (Lipinski definition) is 3. The van der Waals surface area contributed by atoms with Gasteiger partial charge >= 0.3 is 6.03 Å². The van der Waals surface area contributed by atoms with Gasteiger partial charge < -0.3 is 10.6 Å². The Morgan fingerprint density at radius 3 is 2.29 bits per heavy atom. The van der Waals surface area contributed by atoms with Crippen molar-refractivity contribution in [3.63, 3.8) is 0 Å². The first-order valence-electron chi connectivity index (χ1n) is 9.52. The summed E-state index contributed by atoms with van der Waals surface area (Å²) in [7, 11) is 0. The first kappa shape index (κ1) is 19.6. The van der Waals surface area contributed by atoms with Crippen molar-refractivity contribution in [1.82, 2.24) is 15.5 Å². The summed E-state index contributed by atoms with van der Waals surface area (Å²) in [6, 6.07) is 18.1. The van der Waals surface area contributed by atoms with Gasteiger partial charge in [0.25, 0.3) is 5.91 Å². The lowest BCUT2D eigenvalue weighted by Gasteiger charge is -2.16. The molecule has 0 saturated carbocycles. The summed E-state index contributed by atoms with van der Waals surface area (Å²) in [5, 5.41) is 5.53. The summed E-state index contributed by atoms with van der Waals surface area (Å²) in [6.45, 7) is 2.15. The highest BCUT2D eigenvalue weighted by molar-refractivity contribution is 6.05. The van der Waals surface area contributed by atoms with Gasteiger partial charge in [0.05, 0.1) is 13.0 Å². The van der Waals surface area contributed by atoms with Crippen LogP contribution < -0.4 is 10.6 Å². The monoisotopic (exact) mass is 379 g/mol. The average Bonchev–Trinajstić information content (AvgIpc) is 2.95. The maximum Gasteiger partial charge on any atom is 0.325 e. The minimum absolute atomic E-state index is 0.0136. The Morgan fingerprint density at radius 1 is 1.04 bits per heavy atom. The van der Waals surface area contributed by atoms with Gasteiger partial charge in [-0.15, -0.1) is 0 Å². The lowest BCUT2D eigenvalue weighted by atomic mass is 10.1. The Bertz CT molecular complexity index is 823. The van der Waals surface area contributed by atoms with Crippen LogP contribution in [0, 0.1) is 0 Å². The number of nitrogens with one attached hydrogen (secondary N) is 2. The maximum absolute atomic E-state index is 12.5. The Balaban J connectivity index is 1.47. The van der Waals surface area contributed by atoms with Gasteiger partial charge in [-0.25, -0.2) is 4.79 Å². The Morgan fingerprint density at radius 2 is 1.64 bits per heavy atom. The third kappa shape index (κ3) is 5.19. The molecule has 146 valence electrons. The molecule has 2 atom stereocenters. The second kappa shape index (κ2) is 9.17. The minimum atomic E-state index is -0.808. The van der Waals surface area contributed by atoms with Crippen molar-refractivity contribution < 1.29 is 14.4 Å². The number of imide groups is 1. The van der Waals surface area contributed by atoms with E-state index >= 15 is 0 Å². The number of carbonyl (C=O) groups is 3. The molecule has 1 aliphatic rings. The summed E-state index contributed by atoms with van der Waals surface area (Å²) in [5.74, 6) is -0.596. The van der Waals surface area contributed by atoms with Crippen molar-refractivity contribution in [3.05, 3.63) is 71.8 Å². The largest absolute Gasteiger partial charge is 0.354 e. The van der Waals surface area contributed by atoms with Gasteiger partial charge in [0, 0.05) is 6.04 Å². The molecular weight excluding hydrogens is 354 g/mol. The molecular formula is C22H25N3O3. The van der Waals surface area contributed by atoms with E-state index < -0.39 is 12.1 Å². The number of urea groups is 1. The van der Waals surface area contributed by atoms with E-state index in [0.29, 0.717) is 0 Å². The number of carbonyl (C=O) groups excluding carboxylic acids is 3. The van der Waals surface area contributed by atoms with E-state index in [1.54, 1.807) is 0 Å². The third-order valence-corrected chi connectivity index (χ3v) is 4.80. The summed E-state index contributed by atoms with van der Waals surface area (Å²) in [5.41, 5.74) is 2.09. The smallest absolute Gasteiger partial charge is 0.325 e. The van der Waals surface area contributed by atoms with Crippen molar-refractivity contribution in [3.8, 4) is 0 Å². The van der Waals surface area contributed by atoms with Crippen LogP contribution in [0.5, 0.6) is 0 Å². The van der Waals surface area contributed by atoms with Crippen LogP contribution >= 0.6 is 0 Å². The fourth-order valence-electron chi connectivity index (χ4n) is 3.25. The molecule has 0 spiro atoms. The molecule has 1 unspecified atom stereocenters. The second-order valence-corrected chi connectivity index (χ2v) is 7.11. The minimum Gasteiger partial charge on any atom is -0.354 e. The molecule has 0 radical (unpaired) electrons. The standard InChI is InChI=1S/C22H25N3O3/c1-16(12-13-17-8-4-2-5-9-17)23-20(26)14-19-21(27)25(22(28)24-19)15-18-10-6-3-7-11-18/h2-11,16,19H,12-15H2,1H3,(H,23,26)(H,24,28)/t16?,19-/m0/s1. The topological polar surface area (TPSA) is 78.5 Å². The predicted molar refractivity (Wildman–Crippen MR) is 106 cm³/mol. The van der Waals surface area contributed by atoms with Crippen LogP contribution in [-0.4, -0.2) is 34.8 Å². The molecule has 6 heteroatoms. The molecule has 3 rings (SSSR count). The van der Waals surface area contributed by atoms with Crippen molar-refractivity contribution in [2.45, 2.75) is 44.8 Å². The van der Waals surface area contributed by atoms with Crippen LogP contribution in [0.15, 0.2) is 60.7 Å². The molecule has 6 nitrogen and oxygen atoms in total. The molecule has 0 bridgehead atoms. The number of rotatable bonds is 8. The quantitative estimate of drug-likeness (QED) is 0.692. The number of amides is 4. The molecule has 1 heterocycles. The van der Waals surface area contributed by atoms with Gasteiger partial charge in [-0.1, -0.05) is 60.7 Å². The van der Waals surface area contributed by atoms with E-state index in [2.05, 4.69) is 22.8 Å². The van der Waals surface area contributed by atoms with Gasteiger partial charge in [-0.05, 0) is 30.9 Å². The van der Waals surface area contributed by atoms with Crippen molar-refractivity contribution in [2.24, 2.45) is 0 Å². The third-order valence-electron chi connectivity index (χ3n) is 4.80. The number of benzene rings is 2. The molecule has 4 amide bonds. The highest BCUT2D eigenvalue weighted by Gasteiger charge is 2.39. The molecule has 1 fully saturated rings. The van der Waals surface area contributed by atoms with Crippen LogP contribution in [0.3, 0.4) is 0 Å². The zero-order chi connectivity index (χ0) is 19.9. The normalized spacial score (nSPS) is 17.3. The van der Waals surface area contributed by atoms with Crippen molar-refractivity contribution >= 4 is 17.8 Å².